The summed E-state index contributed by atoms with van der Waals surface area (Å²) in [4.78, 5) is 9.37. The molecule has 170 valence electrons. The van der Waals surface area contributed by atoms with Crippen molar-refractivity contribution in [1.29, 1.82) is 0 Å². The zero-order valence-electron chi connectivity index (χ0n) is 18.5. The van der Waals surface area contributed by atoms with Gasteiger partial charge in [-0.2, -0.15) is 0 Å². The van der Waals surface area contributed by atoms with E-state index in [9.17, 15) is 5.11 Å². The summed E-state index contributed by atoms with van der Waals surface area (Å²) in [6.45, 7) is 9.63. The number of ether oxygens (including phenoxy) is 1. The first kappa shape index (κ1) is 23.8. The van der Waals surface area contributed by atoms with Gasteiger partial charge in [0.15, 0.2) is 5.84 Å². The average Bonchev–Trinajstić information content (AvgIpc) is 3.00. The second-order valence-corrected chi connectivity index (χ2v) is 9.04. The van der Waals surface area contributed by atoms with Crippen LogP contribution in [-0.2, 0) is 0 Å². The Balaban J connectivity index is 1.78. The summed E-state index contributed by atoms with van der Waals surface area (Å²) in [5.41, 5.74) is 1.20. The lowest BCUT2D eigenvalue weighted by Crippen LogP contribution is -2.51. The number of amidine groups is 1. The maximum atomic E-state index is 9.35. The van der Waals surface area contributed by atoms with Gasteiger partial charge in [-0.05, 0) is 39.8 Å². The molecular formula is C21H30Cl2N6O2. The number of aliphatic hydroxyl groups is 1. The van der Waals surface area contributed by atoms with Crippen molar-refractivity contribution >= 4 is 41.1 Å². The van der Waals surface area contributed by atoms with E-state index in [4.69, 9.17) is 32.9 Å². The summed E-state index contributed by atoms with van der Waals surface area (Å²) in [5.74, 6) is 0.567. The van der Waals surface area contributed by atoms with E-state index < -0.39 is 5.79 Å². The fourth-order valence-corrected chi connectivity index (χ4v) is 3.97. The third-order valence-corrected chi connectivity index (χ3v) is 5.69. The molecule has 0 saturated carbocycles. The molecule has 0 fully saturated rings. The zero-order chi connectivity index (χ0) is 22.8. The molecule has 1 unspecified atom stereocenters. The van der Waals surface area contributed by atoms with Gasteiger partial charge in [0.1, 0.15) is 12.1 Å². The van der Waals surface area contributed by atoms with Gasteiger partial charge in [-0.15, -0.1) is 0 Å². The number of aliphatic imine (C=N–C) groups is 2. The van der Waals surface area contributed by atoms with Crippen LogP contribution in [0.3, 0.4) is 0 Å². The van der Waals surface area contributed by atoms with Crippen molar-refractivity contribution in [2.45, 2.75) is 39.0 Å². The van der Waals surface area contributed by atoms with Crippen LogP contribution in [-0.4, -0.2) is 72.0 Å². The zero-order valence-corrected chi connectivity index (χ0v) is 20.0. The maximum absolute atomic E-state index is 9.35. The highest BCUT2D eigenvalue weighted by Crippen LogP contribution is 2.39. The van der Waals surface area contributed by atoms with Gasteiger partial charge in [-0.1, -0.05) is 23.2 Å². The SMILES string of the molecule is CCOc1cc(Cl)c(C2=CC3=NC(C)(NCCNC(C)(C)CO)N=CN3N2C)c(Cl)c1. The fraction of sp³-hybridized carbons (Fsp3) is 0.524. The number of aliphatic hydroxyl groups excluding tert-OH is 1. The number of hydrazine groups is 1. The largest absolute Gasteiger partial charge is 0.494 e. The predicted octanol–water partition coefficient (Wildman–Crippen LogP) is 2.96. The van der Waals surface area contributed by atoms with Gasteiger partial charge < -0.3 is 15.2 Å². The molecule has 1 atom stereocenters. The molecule has 3 N–H and O–H groups in total. The molecule has 10 heteroatoms. The minimum Gasteiger partial charge on any atom is -0.494 e. The Labute approximate surface area is 193 Å². The Morgan fingerprint density at radius 3 is 2.52 bits per heavy atom. The molecule has 1 aromatic carbocycles. The number of hydrogen-bond acceptors (Lipinski definition) is 8. The Morgan fingerprint density at radius 2 is 1.90 bits per heavy atom. The number of halogens is 2. The van der Waals surface area contributed by atoms with Gasteiger partial charge in [-0.3, -0.25) is 10.3 Å². The first-order chi connectivity index (χ1) is 14.6. The molecule has 31 heavy (non-hydrogen) atoms. The molecule has 0 aromatic heterocycles. The van der Waals surface area contributed by atoms with Crippen LogP contribution in [0, 0.1) is 0 Å². The molecule has 0 spiro atoms. The van der Waals surface area contributed by atoms with Crippen LogP contribution in [0.4, 0.5) is 0 Å². The number of rotatable bonds is 9. The summed E-state index contributed by atoms with van der Waals surface area (Å²) >= 11 is 13.1. The second-order valence-electron chi connectivity index (χ2n) is 8.22. The van der Waals surface area contributed by atoms with Crippen LogP contribution >= 0.6 is 23.2 Å². The Bertz CT molecular complexity index is 894. The summed E-state index contributed by atoms with van der Waals surface area (Å²) in [6.07, 6.45) is 3.67. The predicted molar refractivity (Wildman–Crippen MR) is 127 cm³/mol. The third-order valence-electron chi connectivity index (χ3n) is 5.09. The van der Waals surface area contributed by atoms with Gasteiger partial charge >= 0.3 is 0 Å². The van der Waals surface area contributed by atoms with Crippen LogP contribution in [0.2, 0.25) is 10.0 Å². The third kappa shape index (κ3) is 5.32. The highest BCUT2D eigenvalue weighted by molar-refractivity contribution is 6.38. The summed E-state index contributed by atoms with van der Waals surface area (Å²) in [5, 5.41) is 20.7. The molecule has 2 heterocycles. The van der Waals surface area contributed by atoms with Crippen molar-refractivity contribution in [2.24, 2.45) is 9.98 Å². The number of nitrogens with zero attached hydrogens (tertiary/aromatic N) is 4. The van der Waals surface area contributed by atoms with E-state index in [0.717, 1.165) is 11.5 Å². The summed E-state index contributed by atoms with van der Waals surface area (Å²) < 4.78 is 5.52. The number of fused-ring (bicyclic) bond motifs is 1. The van der Waals surface area contributed by atoms with Crippen molar-refractivity contribution in [3.05, 3.63) is 33.8 Å². The van der Waals surface area contributed by atoms with Gasteiger partial charge in [0.05, 0.1) is 29.0 Å². The maximum Gasteiger partial charge on any atom is 0.205 e. The Hall–Kier alpha value is -1.84. The molecule has 2 aliphatic rings. The molecule has 0 amide bonds. The molecule has 0 aliphatic carbocycles. The standard InChI is InChI=1S/C21H30Cl2N6O2/c1-6-31-14-9-15(22)19(16(23)10-14)17-11-18-27-21(4,26-13-29(18)28(17)5)25-8-7-24-20(2,3)12-30/h9-11,13,24-25,30H,6-8,12H2,1-5H3. The lowest BCUT2D eigenvalue weighted by Gasteiger charge is -2.33. The lowest BCUT2D eigenvalue weighted by atomic mass is 10.1. The number of benzene rings is 1. The highest BCUT2D eigenvalue weighted by atomic mass is 35.5. The second kappa shape index (κ2) is 9.34. The molecule has 2 aliphatic heterocycles. The fourth-order valence-electron chi connectivity index (χ4n) is 3.31. The monoisotopic (exact) mass is 468 g/mol. The van der Waals surface area contributed by atoms with E-state index in [1.807, 2.05) is 50.8 Å². The normalized spacial score (nSPS) is 20.6. The van der Waals surface area contributed by atoms with Gasteiger partial charge in [0.25, 0.3) is 0 Å². The first-order valence-corrected chi connectivity index (χ1v) is 11.0. The van der Waals surface area contributed by atoms with Crippen molar-refractivity contribution < 1.29 is 9.84 Å². The summed E-state index contributed by atoms with van der Waals surface area (Å²) in [6, 6.07) is 3.53. The van der Waals surface area contributed by atoms with Gasteiger partial charge in [0, 0.05) is 37.3 Å². The minimum absolute atomic E-state index is 0.0657. The average molecular weight is 469 g/mol. The molecule has 1 aromatic rings. The van der Waals surface area contributed by atoms with E-state index >= 15 is 0 Å². The van der Waals surface area contributed by atoms with Crippen LogP contribution in [0.15, 0.2) is 28.2 Å². The van der Waals surface area contributed by atoms with E-state index in [1.54, 1.807) is 18.5 Å². The van der Waals surface area contributed by atoms with E-state index in [1.165, 1.54) is 0 Å². The molecule has 0 radical (unpaired) electrons. The topological polar surface area (TPSA) is 84.7 Å². The lowest BCUT2D eigenvalue weighted by molar-refractivity contribution is 0.187. The first-order valence-electron chi connectivity index (χ1n) is 10.2. The highest BCUT2D eigenvalue weighted by Gasteiger charge is 2.34. The Kier molecular flexibility index (Phi) is 7.18. The summed E-state index contributed by atoms with van der Waals surface area (Å²) in [7, 11) is 1.90. The van der Waals surface area contributed by atoms with Crippen LogP contribution in [0.5, 0.6) is 5.75 Å². The smallest absolute Gasteiger partial charge is 0.205 e. The van der Waals surface area contributed by atoms with Crippen LogP contribution < -0.4 is 15.4 Å². The van der Waals surface area contributed by atoms with E-state index in [0.29, 0.717) is 41.1 Å². The van der Waals surface area contributed by atoms with Gasteiger partial charge in [-0.25, -0.2) is 15.0 Å². The molecule has 0 bridgehead atoms. The van der Waals surface area contributed by atoms with Crippen molar-refractivity contribution in [2.75, 3.05) is 33.4 Å². The number of hydrogen-bond donors (Lipinski definition) is 3. The van der Waals surface area contributed by atoms with Crippen LogP contribution in [0.1, 0.15) is 33.3 Å². The van der Waals surface area contributed by atoms with Crippen molar-refractivity contribution in [3.63, 3.8) is 0 Å². The Morgan fingerprint density at radius 1 is 1.23 bits per heavy atom. The van der Waals surface area contributed by atoms with Crippen LogP contribution in [0.25, 0.3) is 5.70 Å². The molecule has 0 saturated heterocycles. The molecule has 3 rings (SSSR count). The molecule has 8 nitrogen and oxygen atoms in total. The van der Waals surface area contributed by atoms with Gasteiger partial charge in [0.2, 0.25) is 5.79 Å². The minimum atomic E-state index is -0.796. The van der Waals surface area contributed by atoms with E-state index in [2.05, 4.69) is 15.6 Å². The van der Waals surface area contributed by atoms with Crippen molar-refractivity contribution in [3.8, 4) is 5.75 Å². The quantitative estimate of drug-likeness (QED) is 0.483. The van der Waals surface area contributed by atoms with Crippen molar-refractivity contribution in [1.82, 2.24) is 20.7 Å². The van der Waals surface area contributed by atoms with E-state index in [-0.39, 0.29) is 12.1 Å². The molecular weight excluding hydrogens is 439 g/mol. The number of nitrogens with one attached hydrogen (secondary N) is 2.